The molecule has 8 heteroatoms. The smallest absolute Gasteiger partial charge is 0.266 e. The molecule has 0 radical (unpaired) electrons. The average molecular weight is 523 g/mol. The number of aryl methyl sites for hydroxylation is 1. The standard InChI is InChI=1S/C26H19ClN2O2S3/c1-16-6-8-17(9-7-16)14-23-25(31)28(26(32)34-23)13-12-24(30)29-19-4-2-3-5-21(19)33-22-11-10-18(27)15-20(22)29/h2-11,14-15H,12-13H2,1H3. The molecule has 34 heavy (non-hydrogen) atoms. The molecule has 0 unspecified atom stereocenters. The van der Waals surface area contributed by atoms with Crippen molar-refractivity contribution in [3.05, 3.63) is 87.8 Å². The molecule has 2 heterocycles. The summed E-state index contributed by atoms with van der Waals surface area (Å²) in [6, 6.07) is 21.3. The van der Waals surface area contributed by atoms with Gasteiger partial charge in [0.15, 0.2) is 0 Å². The molecule has 4 nitrogen and oxygen atoms in total. The highest BCUT2D eigenvalue weighted by Crippen LogP contribution is 2.49. The van der Waals surface area contributed by atoms with E-state index in [-0.39, 0.29) is 24.8 Å². The first-order valence-electron chi connectivity index (χ1n) is 10.6. The molecule has 2 aliphatic rings. The van der Waals surface area contributed by atoms with Crippen LogP contribution in [0.15, 0.2) is 81.4 Å². The van der Waals surface area contributed by atoms with Gasteiger partial charge < -0.3 is 0 Å². The minimum atomic E-state index is -0.165. The van der Waals surface area contributed by atoms with E-state index in [2.05, 4.69) is 0 Å². The largest absolute Gasteiger partial charge is 0.292 e. The van der Waals surface area contributed by atoms with E-state index in [1.54, 1.807) is 16.7 Å². The molecule has 0 N–H and O–H groups in total. The minimum Gasteiger partial charge on any atom is -0.292 e. The predicted molar refractivity (Wildman–Crippen MR) is 145 cm³/mol. The lowest BCUT2D eigenvalue weighted by atomic mass is 10.1. The molecule has 0 atom stereocenters. The Morgan fingerprint density at radius 3 is 2.53 bits per heavy atom. The second-order valence-electron chi connectivity index (χ2n) is 7.91. The van der Waals surface area contributed by atoms with Gasteiger partial charge in [0, 0.05) is 27.8 Å². The SMILES string of the molecule is Cc1ccc(C=C2SC(=S)N(CCC(=O)N3c4ccccc4Sc4ccc(Cl)cc43)C2=O)cc1. The van der Waals surface area contributed by atoms with Crippen LogP contribution in [0.2, 0.25) is 5.02 Å². The monoisotopic (exact) mass is 522 g/mol. The summed E-state index contributed by atoms with van der Waals surface area (Å²) in [5.74, 6) is -0.283. The Labute approximate surface area is 217 Å². The Balaban J connectivity index is 1.36. The summed E-state index contributed by atoms with van der Waals surface area (Å²) >= 11 is 14.6. The topological polar surface area (TPSA) is 40.6 Å². The van der Waals surface area contributed by atoms with Gasteiger partial charge in [-0.3, -0.25) is 19.4 Å². The number of carbonyl (C=O) groups is 2. The fraction of sp³-hybridized carbons (Fsp3) is 0.115. The van der Waals surface area contributed by atoms with Gasteiger partial charge in [0.2, 0.25) is 5.91 Å². The van der Waals surface area contributed by atoms with Crippen molar-refractivity contribution in [2.75, 3.05) is 11.4 Å². The van der Waals surface area contributed by atoms with Crippen LogP contribution in [0.1, 0.15) is 17.5 Å². The van der Waals surface area contributed by atoms with Crippen molar-refractivity contribution in [3.8, 4) is 0 Å². The molecule has 2 aliphatic heterocycles. The summed E-state index contributed by atoms with van der Waals surface area (Å²) in [6.07, 6.45) is 1.98. The summed E-state index contributed by atoms with van der Waals surface area (Å²) < 4.78 is 0.467. The molecule has 5 rings (SSSR count). The lowest BCUT2D eigenvalue weighted by Gasteiger charge is -2.31. The first-order chi connectivity index (χ1) is 16.4. The molecule has 2 amide bonds. The van der Waals surface area contributed by atoms with Crippen molar-refractivity contribution in [1.29, 1.82) is 0 Å². The maximum absolute atomic E-state index is 13.5. The van der Waals surface area contributed by atoms with E-state index >= 15 is 0 Å². The van der Waals surface area contributed by atoms with Crippen LogP contribution in [-0.4, -0.2) is 27.6 Å². The van der Waals surface area contributed by atoms with Gasteiger partial charge in [0.1, 0.15) is 4.32 Å². The number of para-hydroxylation sites is 1. The number of anilines is 2. The minimum absolute atomic E-state index is 0.118. The molecule has 0 aromatic heterocycles. The van der Waals surface area contributed by atoms with Crippen LogP contribution >= 0.6 is 47.3 Å². The van der Waals surface area contributed by atoms with Crippen molar-refractivity contribution in [2.45, 2.75) is 23.1 Å². The highest BCUT2D eigenvalue weighted by molar-refractivity contribution is 8.26. The van der Waals surface area contributed by atoms with E-state index < -0.39 is 0 Å². The van der Waals surface area contributed by atoms with Gasteiger partial charge in [0.05, 0.1) is 16.3 Å². The van der Waals surface area contributed by atoms with Crippen LogP contribution in [0.5, 0.6) is 0 Å². The quantitative estimate of drug-likeness (QED) is 0.271. The number of fused-ring (bicyclic) bond motifs is 2. The maximum Gasteiger partial charge on any atom is 0.266 e. The molecule has 1 fully saturated rings. The molecular weight excluding hydrogens is 504 g/mol. The average Bonchev–Trinajstić information content (AvgIpc) is 3.09. The third-order valence-electron chi connectivity index (χ3n) is 5.54. The van der Waals surface area contributed by atoms with Gasteiger partial charge in [-0.15, -0.1) is 0 Å². The van der Waals surface area contributed by atoms with Gasteiger partial charge in [-0.25, -0.2) is 0 Å². The van der Waals surface area contributed by atoms with E-state index in [0.717, 1.165) is 32.3 Å². The molecule has 170 valence electrons. The molecule has 0 spiro atoms. The highest BCUT2D eigenvalue weighted by Gasteiger charge is 2.34. The Morgan fingerprint density at radius 1 is 1.00 bits per heavy atom. The number of nitrogens with zero attached hydrogens (tertiary/aromatic N) is 2. The number of amides is 2. The van der Waals surface area contributed by atoms with Crippen LogP contribution in [-0.2, 0) is 9.59 Å². The van der Waals surface area contributed by atoms with Gasteiger partial charge >= 0.3 is 0 Å². The lowest BCUT2D eigenvalue weighted by Crippen LogP contribution is -2.35. The predicted octanol–water partition coefficient (Wildman–Crippen LogP) is 7.07. The van der Waals surface area contributed by atoms with E-state index in [1.165, 1.54) is 16.7 Å². The molecule has 1 saturated heterocycles. The summed E-state index contributed by atoms with van der Waals surface area (Å²) in [4.78, 5) is 32.2. The van der Waals surface area contributed by atoms with Gasteiger partial charge in [-0.1, -0.05) is 89.3 Å². The van der Waals surface area contributed by atoms with E-state index in [1.807, 2.05) is 79.7 Å². The zero-order valence-corrected chi connectivity index (χ0v) is 21.4. The molecule has 0 saturated carbocycles. The zero-order chi connectivity index (χ0) is 23.8. The second kappa shape index (κ2) is 9.58. The van der Waals surface area contributed by atoms with Crippen molar-refractivity contribution in [3.63, 3.8) is 0 Å². The summed E-state index contributed by atoms with van der Waals surface area (Å²) in [7, 11) is 0. The lowest BCUT2D eigenvalue weighted by molar-refractivity contribution is -0.123. The van der Waals surface area contributed by atoms with Crippen LogP contribution in [0.4, 0.5) is 11.4 Å². The maximum atomic E-state index is 13.5. The van der Waals surface area contributed by atoms with Crippen molar-refractivity contribution >= 4 is 80.9 Å². The van der Waals surface area contributed by atoms with E-state index in [0.29, 0.717) is 14.2 Å². The number of rotatable bonds is 4. The Morgan fingerprint density at radius 2 is 1.74 bits per heavy atom. The highest BCUT2D eigenvalue weighted by atomic mass is 35.5. The van der Waals surface area contributed by atoms with Crippen LogP contribution in [0, 0.1) is 6.92 Å². The molecule has 3 aromatic rings. The van der Waals surface area contributed by atoms with Crippen molar-refractivity contribution in [1.82, 2.24) is 4.90 Å². The third-order valence-corrected chi connectivity index (χ3v) is 8.28. The Hall–Kier alpha value is -2.58. The third kappa shape index (κ3) is 4.53. The number of thiocarbonyl (C=S) groups is 1. The van der Waals surface area contributed by atoms with E-state index in [9.17, 15) is 9.59 Å². The molecule has 3 aromatic carbocycles. The summed E-state index contributed by atoms with van der Waals surface area (Å²) in [6.45, 7) is 2.24. The summed E-state index contributed by atoms with van der Waals surface area (Å²) in [5.41, 5.74) is 3.67. The first kappa shape index (κ1) is 23.2. The van der Waals surface area contributed by atoms with Crippen LogP contribution in [0.3, 0.4) is 0 Å². The number of hydrogen-bond acceptors (Lipinski definition) is 5. The van der Waals surface area contributed by atoms with E-state index in [4.69, 9.17) is 23.8 Å². The molecule has 0 aliphatic carbocycles. The van der Waals surface area contributed by atoms with Gasteiger partial charge in [-0.2, -0.15) is 0 Å². The van der Waals surface area contributed by atoms with Crippen LogP contribution in [0.25, 0.3) is 6.08 Å². The fourth-order valence-electron chi connectivity index (χ4n) is 3.82. The van der Waals surface area contributed by atoms with Gasteiger partial charge in [-0.05, 0) is 48.9 Å². The number of halogens is 1. The number of hydrogen-bond donors (Lipinski definition) is 0. The molecule has 0 bridgehead atoms. The second-order valence-corrected chi connectivity index (χ2v) is 11.1. The van der Waals surface area contributed by atoms with Gasteiger partial charge in [0.25, 0.3) is 5.91 Å². The summed E-state index contributed by atoms with van der Waals surface area (Å²) in [5, 5.41) is 0.565. The van der Waals surface area contributed by atoms with Crippen molar-refractivity contribution in [2.24, 2.45) is 0 Å². The molecular formula is C26H19ClN2O2S3. The number of benzene rings is 3. The Kier molecular flexibility index (Phi) is 6.53. The Bertz CT molecular complexity index is 1350. The fourth-order valence-corrected chi connectivity index (χ4v) is 6.34. The number of thioether (sulfide) groups is 1. The number of carbonyl (C=O) groups excluding carboxylic acids is 2. The van der Waals surface area contributed by atoms with Crippen LogP contribution < -0.4 is 4.90 Å². The zero-order valence-electron chi connectivity index (χ0n) is 18.2. The first-order valence-corrected chi connectivity index (χ1v) is 13.0. The normalized spacial score (nSPS) is 16.1. The van der Waals surface area contributed by atoms with Crippen molar-refractivity contribution < 1.29 is 9.59 Å².